The molecule has 2 nitrogen and oxygen atoms in total. The van der Waals surface area contributed by atoms with Crippen LogP contribution in [-0.4, -0.2) is 4.57 Å². The van der Waals surface area contributed by atoms with Gasteiger partial charge in [0.05, 0.1) is 11.0 Å². The van der Waals surface area contributed by atoms with Crippen LogP contribution in [0.15, 0.2) is 194 Å². The van der Waals surface area contributed by atoms with Crippen molar-refractivity contribution in [1.29, 1.82) is 0 Å². The van der Waals surface area contributed by atoms with Crippen LogP contribution in [0.2, 0.25) is 0 Å². The third-order valence-electron chi connectivity index (χ3n) is 11.2. The van der Waals surface area contributed by atoms with Crippen molar-refractivity contribution >= 4 is 38.9 Å². The number of nitrogens with zero attached hydrogens (tertiary/aromatic N) is 2. The summed E-state index contributed by atoms with van der Waals surface area (Å²) in [5.41, 5.74) is 17.1. The van der Waals surface area contributed by atoms with Crippen LogP contribution in [0.1, 0.15) is 25.0 Å². The Balaban J connectivity index is 1.09. The summed E-state index contributed by atoms with van der Waals surface area (Å²) in [6.45, 7) is 4.68. The maximum Gasteiger partial charge on any atom is 0.0541 e. The fraction of sp³-hybridized carbons (Fsp3) is 0.0588. The Labute approximate surface area is 310 Å². The average molecular weight is 679 g/mol. The SMILES string of the molecule is CC1(C)c2ccccc2-c2cc(N(c3ccc(-c4ccc5c(c4)c4ccccc4n5-c4ccccc4)cc3)c3cccc(-c4ccccc4)c3)ccc21. The molecular weight excluding hydrogens is 641 g/mol. The molecule has 0 saturated heterocycles. The lowest BCUT2D eigenvalue weighted by Gasteiger charge is -2.28. The molecule has 0 bridgehead atoms. The molecular formula is C51H38N2. The van der Waals surface area contributed by atoms with Crippen molar-refractivity contribution in [3.63, 3.8) is 0 Å². The van der Waals surface area contributed by atoms with E-state index in [1.165, 1.54) is 72.0 Å². The first-order valence-corrected chi connectivity index (χ1v) is 18.4. The van der Waals surface area contributed by atoms with Gasteiger partial charge in [-0.25, -0.2) is 0 Å². The summed E-state index contributed by atoms with van der Waals surface area (Å²) in [7, 11) is 0. The molecule has 0 atom stereocenters. The molecule has 0 radical (unpaired) electrons. The molecule has 9 aromatic rings. The van der Waals surface area contributed by atoms with Crippen molar-refractivity contribution in [2.75, 3.05) is 4.90 Å². The normalized spacial score (nSPS) is 12.9. The predicted molar refractivity (Wildman–Crippen MR) is 224 cm³/mol. The zero-order valence-corrected chi connectivity index (χ0v) is 29.9. The van der Waals surface area contributed by atoms with E-state index in [0.29, 0.717) is 0 Å². The molecule has 0 N–H and O–H groups in total. The number of aromatic nitrogens is 1. The summed E-state index contributed by atoms with van der Waals surface area (Å²) in [5.74, 6) is 0. The van der Waals surface area contributed by atoms with Crippen LogP contribution in [0.25, 0.3) is 60.9 Å². The van der Waals surface area contributed by atoms with Crippen LogP contribution in [0, 0.1) is 0 Å². The highest BCUT2D eigenvalue weighted by atomic mass is 15.1. The predicted octanol–water partition coefficient (Wildman–Crippen LogP) is 13.9. The number of rotatable bonds is 6. The van der Waals surface area contributed by atoms with Crippen molar-refractivity contribution in [2.45, 2.75) is 19.3 Å². The van der Waals surface area contributed by atoms with E-state index in [1.807, 2.05) is 0 Å². The third-order valence-corrected chi connectivity index (χ3v) is 11.2. The molecule has 0 amide bonds. The number of fused-ring (bicyclic) bond motifs is 6. The minimum atomic E-state index is -0.0430. The van der Waals surface area contributed by atoms with E-state index in [0.717, 1.165) is 17.1 Å². The molecule has 0 saturated carbocycles. The van der Waals surface area contributed by atoms with Crippen LogP contribution in [-0.2, 0) is 5.41 Å². The number of benzene rings is 8. The molecule has 1 aliphatic rings. The van der Waals surface area contributed by atoms with Crippen molar-refractivity contribution in [1.82, 2.24) is 4.57 Å². The number of anilines is 3. The Morgan fingerprint density at radius 1 is 0.377 bits per heavy atom. The van der Waals surface area contributed by atoms with Crippen molar-refractivity contribution in [3.05, 3.63) is 205 Å². The molecule has 0 spiro atoms. The molecule has 53 heavy (non-hydrogen) atoms. The van der Waals surface area contributed by atoms with Crippen molar-refractivity contribution in [2.24, 2.45) is 0 Å². The summed E-state index contributed by atoms with van der Waals surface area (Å²) < 4.78 is 2.37. The summed E-state index contributed by atoms with van der Waals surface area (Å²) in [5, 5.41) is 2.52. The van der Waals surface area contributed by atoms with Gasteiger partial charge in [0.15, 0.2) is 0 Å². The molecule has 0 unspecified atom stereocenters. The topological polar surface area (TPSA) is 8.17 Å². The van der Waals surface area contributed by atoms with Crippen molar-refractivity contribution < 1.29 is 0 Å². The third kappa shape index (κ3) is 5.10. The summed E-state index contributed by atoms with van der Waals surface area (Å²) in [6.07, 6.45) is 0. The van der Waals surface area contributed by atoms with E-state index in [-0.39, 0.29) is 5.41 Å². The second kappa shape index (κ2) is 12.3. The summed E-state index contributed by atoms with van der Waals surface area (Å²) in [4.78, 5) is 2.40. The van der Waals surface area contributed by atoms with E-state index in [4.69, 9.17) is 0 Å². The van der Waals surface area contributed by atoms with Gasteiger partial charge in [0.1, 0.15) is 0 Å². The number of hydrogen-bond acceptors (Lipinski definition) is 1. The van der Waals surface area contributed by atoms with E-state index >= 15 is 0 Å². The molecule has 1 heterocycles. The van der Waals surface area contributed by atoms with Gasteiger partial charge in [-0.3, -0.25) is 0 Å². The first-order valence-electron chi connectivity index (χ1n) is 18.4. The van der Waals surface area contributed by atoms with Gasteiger partial charge in [0.2, 0.25) is 0 Å². The maximum absolute atomic E-state index is 2.40. The van der Waals surface area contributed by atoms with Gasteiger partial charge >= 0.3 is 0 Å². The van der Waals surface area contributed by atoms with Crippen LogP contribution in [0.5, 0.6) is 0 Å². The summed E-state index contributed by atoms with van der Waals surface area (Å²) in [6, 6.07) is 70.8. The van der Waals surface area contributed by atoms with Crippen LogP contribution in [0.4, 0.5) is 17.1 Å². The zero-order chi connectivity index (χ0) is 35.5. The highest BCUT2D eigenvalue weighted by Crippen LogP contribution is 2.50. The lowest BCUT2D eigenvalue weighted by Crippen LogP contribution is -2.15. The smallest absolute Gasteiger partial charge is 0.0541 e. The van der Waals surface area contributed by atoms with Gasteiger partial charge in [-0.05, 0) is 111 Å². The van der Waals surface area contributed by atoms with E-state index in [2.05, 4.69) is 217 Å². The van der Waals surface area contributed by atoms with Gasteiger partial charge < -0.3 is 9.47 Å². The molecule has 252 valence electrons. The second-order valence-corrected chi connectivity index (χ2v) is 14.6. The fourth-order valence-electron chi connectivity index (χ4n) is 8.56. The Morgan fingerprint density at radius 2 is 0.962 bits per heavy atom. The van der Waals surface area contributed by atoms with Crippen LogP contribution < -0.4 is 4.90 Å². The second-order valence-electron chi connectivity index (χ2n) is 14.6. The minimum absolute atomic E-state index is 0.0430. The quantitative estimate of drug-likeness (QED) is 0.170. The summed E-state index contributed by atoms with van der Waals surface area (Å²) >= 11 is 0. The van der Waals surface area contributed by atoms with Gasteiger partial charge in [0, 0.05) is 38.9 Å². The largest absolute Gasteiger partial charge is 0.310 e. The van der Waals surface area contributed by atoms with Gasteiger partial charge in [-0.2, -0.15) is 0 Å². The minimum Gasteiger partial charge on any atom is -0.310 e. The molecule has 8 aromatic carbocycles. The van der Waals surface area contributed by atoms with Gasteiger partial charge in [-0.1, -0.05) is 141 Å². The molecule has 0 fully saturated rings. The Bertz CT molecular complexity index is 2790. The molecule has 2 heteroatoms. The van der Waals surface area contributed by atoms with Gasteiger partial charge in [0.25, 0.3) is 0 Å². The number of para-hydroxylation sites is 2. The van der Waals surface area contributed by atoms with E-state index in [1.54, 1.807) is 0 Å². The van der Waals surface area contributed by atoms with E-state index < -0.39 is 0 Å². The highest BCUT2D eigenvalue weighted by molar-refractivity contribution is 6.10. The molecule has 10 rings (SSSR count). The Kier molecular flexibility index (Phi) is 7.19. The first kappa shape index (κ1) is 31.1. The maximum atomic E-state index is 2.40. The first-order chi connectivity index (χ1) is 26.0. The van der Waals surface area contributed by atoms with Crippen LogP contribution >= 0.6 is 0 Å². The molecule has 0 aliphatic heterocycles. The van der Waals surface area contributed by atoms with Gasteiger partial charge in [-0.15, -0.1) is 0 Å². The zero-order valence-electron chi connectivity index (χ0n) is 29.9. The average Bonchev–Trinajstić information content (AvgIpc) is 3.67. The monoisotopic (exact) mass is 678 g/mol. The molecule has 1 aromatic heterocycles. The van der Waals surface area contributed by atoms with Crippen LogP contribution in [0.3, 0.4) is 0 Å². The standard InChI is InChI=1S/C51H38N2/c1-51(2)47-22-11-9-20-43(47)45-34-42(29-30-48(45)51)52(41-19-13-16-37(32-41)35-14-5-3-6-15-35)40-27-24-36(25-28-40)38-26-31-50-46(33-38)44-21-10-12-23-49(44)53(50)39-17-7-4-8-18-39/h3-34H,1-2H3. The highest BCUT2D eigenvalue weighted by Gasteiger charge is 2.35. The van der Waals surface area contributed by atoms with E-state index in [9.17, 15) is 0 Å². The number of hydrogen-bond donors (Lipinski definition) is 0. The van der Waals surface area contributed by atoms with Crippen molar-refractivity contribution in [3.8, 4) is 39.1 Å². The lowest BCUT2D eigenvalue weighted by molar-refractivity contribution is 0.660. The fourth-order valence-corrected chi connectivity index (χ4v) is 8.56. The lowest BCUT2D eigenvalue weighted by atomic mass is 9.82. The molecule has 1 aliphatic carbocycles. The Morgan fingerprint density at radius 3 is 1.79 bits per heavy atom. The Hall–Kier alpha value is -6.64.